The van der Waals surface area contributed by atoms with E-state index in [4.69, 9.17) is 5.73 Å². The van der Waals surface area contributed by atoms with Crippen molar-refractivity contribution < 1.29 is 9.90 Å². The third kappa shape index (κ3) is 2.25. The molecule has 0 amide bonds. The van der Waals surface area contributed by atoms with Crippen LogP contribution in [0.2, 0.25) is 0 Å². The van der Waals surface area contributed by atoms with Crippen molar-refractivity contribution in [3.63, 3.8) is 0 Å². The van der Waals surface area contributed by atoms with Crippen LogP contribution in [0.1, 0.15) is 29.6 Å². The predicted molar refractivity (Wildman–Crippen MR) is 88.8 cm³/mol. The summed E-state index contributed by atoms with van der Waals surface area (Å²) >= 11 is 0. The number of aromatic carboxylic acids is 1. The Labute approximate surface area is 132 Å². The molecule has 3 heterocycles. The van der Waals surface area contributed by atoms with Gasteiger partial charge < -0.3 is 20.7 Å². The van der Waals surface area contributed by atoms with E-state index in [-0.39, 0.29) is 11.5 Å². The van der Waals surface area contributed by atoms with Crippen LogP contribution >= 0.6 is 0 Å². The Balaban J connectivity index is 2.01. The maximum atomic E-state index is 11.3. The van der Waals surface area contributed by atoms with Crippen LogP contribution in [-0.4, -0.2) is 39.1 Å². The molecule has 1 aliphatic rings. The quantitative estimate of drug-likeness (QED) is 0.670. The molecule has 7 nitrogen and oxygen atoms in total. The number of rotatable bonds is 2. The maximum Gasteiger partial charge on any atom is 0.335 e. The largest absolute Gasteiger partial charge is 0.478 e. The van der Waals surface area contributed by atoms with Gasteiger partial charge in [-0.25, -0.2) is 4.79 Å². The van der Waals surface area contributed by atoms with Crippen molar-refractivity contribution in [2.75, 3.05) is 23.7 Å². The lowest BCUT2D eigenvalue weighted by Crippen LogP contribution is -2.30. The molecular weight excluding hydrogens is 294 g/mol. The van der Waals surface area contributed by atoms with Gasteiger partial charge in [0.15, 0.2) is 0 Å². The lowest BCUT2D eigenvalue weighted by atomic mass is 10.1. The summed E-state index contributed by atoms with van der Waals surface area (Å²) in [6.07, 6.45) is 3.46. The first-order chi connectivity index (χ1) is 11.1. The van der Waals surface area contributed by atoms with Gasteiger partial charge in [-0.3, -0.25) is 0 Å². The standard InChI is InChI=1S/C16H17N5O2/c17-16-19-13-12(14(20-16)21-6-2-1-3-7-21)10-8-9(15(22)23)4-5-11(10)18-13/h4-5,8H,1-3,6-7H2,(H,22,23)(H3,17,18,19,20). The van der Waals surface area contributed by atoms with Crippen LogP contribution in [0.25, 0.3) is 21.9 Å². The number of hydrogen-bond acceptors (Lipinski definition) is 5. The summed E-state index contributed by atoms with van der Waals surface area (Å²) in [6.45, 7) is 1.85. The molecule has 0 saturated carbocycles. The number of piperidine rings is 1. The van der Waals surface area contributed by atoms with Gasteiger partial charge in [0.1, 0.15) is 11.5 Å². The minimum Gasteiger partial charge on any atom is -0.478 e. The van der Waals surface area contributed by atoms with Crippen LogP contribution < -0.4 is 10.6 Å². The van der Waals surface area contributed by atoms with E-state index in [0.717, 1.165) is 48.0 Å². The molecule has 4 N–H and O–H groups in total. The number of benzene rings is 1. The summed E-state index contributed by atoms with van der Waals surface area (Å²) in [5.41, 5.74) is 7.60. The highest BCUT2D eigenvalue weighted by Crippen LogP contribution is 2.33. The van der Waals surface area contributed by atoms with Crippen LogP contribution in [0.5, 0.6) is 0 Å². The number of carboxylic acid groups (broad SMARTS) is 1. The zero-order valence-electron chi connectivity index (χ0n) is 12.5. The first kappa shape index (κ1) is 13.8. The number of aromatic amines is 1. The molecule has 23 heavy (non-hydrogen) atoms. The molecule has 0 bridgehead atoms. The molecule has 1 aromatic carbocycles. The first-order valence-corrected chi connectivity index (χ1v) is 7.70. The highest BCUT2D eigenvalue weighted by atomic mass is 16.4. The van der Waals surface area contributed by atoms with E-state index in [1.54, 1.807) is 18.2 Å². The average Bonchev–Trinajstić information content (AvgIpc) is 2.91. The number of carbonyl (C=O) groups is 1. The molecule has 1 aliphatic heterocycles. The van der Waals surface area contributed by atoms with Crippen molar-refractivity contribution in [2.45, 2.75) is 19.3 Å². The molecule has 0 unspecified atom stereocenters. The van der Waals surface area contributed by atoms with Gasteiger partial charge in [-0.15, -0.1) is 0 Å². The van der Waals surface area contributed by atoms with Crippen LogP contribution in [-0.2, 0) is 0 Å². The van der Waals surface area contributed by atoms with Gasteiger partial charge in [-0.05, 0) is 37.5 Å². The third-order valence-corrected chi connectivity index (χ3v) is 4.35. The van der Waals surface area contributed by atoms with Crippen molar-refractivity contribution >= 4 is 39.7 Å². The van der Waals surface area contributed by atoms with Crippen LogP contribution in [0.15, 0.2) is 18.2 Å². The Morgan fingerprint density at radius 1 is 1.22 bits per heavy atom. The minimum atomic E-state index is -0.947. The molecular formula is C16H17N5O2. The normalized spacial score (nSPS) is 15.4. The van der Waals surface area contributed by atoms with E-state index in [0.29, 0.717) is 5.65 Å². The van der Waals surface area contributed by atoms with Gasteiger partial charge in [0, 0.05) is 24.0 Å². The zero-order chi connectivity index (χ0) is 16.0. The molecule has 0 spiro atoms. The summed E-state index contributed by atoms with van der Waals surface area (Å²) in [7, 11) is 0. The summed E-state index contributed by atoms with van der Waals surface area (Å²) in [6, 6.07) is 5.01. The topological polar surface area (TPSA) is 108 Å². The molecule has 3 aromatic rings. The van der Waals surface area contributed by atoms with E-state index in [9.17, 15) is 9.90 Å². The number of nitrogens with one attached hydrogen (secondary N) is 1. The Hall–Kier alpha value is -2.83. The van der Waals surface area contributed by atoms with Crippen LogP contribution in [0.4, 0.5) is 11.8 Å². The SMILES string of the molecule is Nc1nc(N2CCCCC2)c2c(n1)[nH]c1ccc(C(=O)O)cc12. The lowest BCUT2D eigenvalue weighted by molar-refractivity contribution is 0.0697. The van der Waals surface area contributed by atoms with Gasteiger partial charge in [-0.2, -0.15) is 9.97 Å². The summed E-state index contributed by atoms with van der Waals surface area (Å²) in [4.78, 5) is 25.4. The Morgan fingerprint density at radius 2 is 2.00 bits per heavy atom. The molecule has 4 rings (SSSR count). The number of carboxylic acids is 1. The number of hydrogen-bond donors (Lipinski definition) is 3. The van der Waals surface area contributed by atoms with Crippen molar-refractivity contribution in [3.8, 4) is 0 Å². The molecule has 2 aromatic heterocycles. The number of aromatic nitrogens is 3. The molecule has 7 heteroatoms. The van der Waals surface area contributed by atoms with Crippen molar-refractivity contribution in [1.82, 2.24) is 15.0 Å². The van der Waals surface area contributed by atoms with E-state index in [1.807, 2.05) is 0 Å². The predicted octanol–water partition coefficient (Wildman–Crippen LogP) is 2.38. The Kier molecular flexibility index (Phi) is 3.07. The van der Waals surface area contributed by atoms with Crippen LogP contribution in [0, 0.1) is 0 Å². The van der Waals surface area contributed by atoms with Crippen molar-refractivity contribution in [1.29, 1.82) is 0 Å². The maximum absolute atomic E-state index is 11.3. The number of nitrogens with two attached hydrogens (primary N) is 1. The van der Waals surface area contributed by atoms with Gasteiger partial charge in [0.05, 0.1) is 10.9 Å². The highest BCUT2D eigenvalue weighted by molar-refractivity contribution is 6.13. The fourth-order valence-electron chi connectivity index (χ4n) is 3.26. The summed E-state index contributed by atoms with van der Waals surface area (Å²) in [5, 5.41) is 10.9. The van der Waals surface area contributed by atoms with E-state index < -0.39 is 5.97 Å². The number of nitrogen functional groups attached to an aromatic ring is 1. The zero-order valence-corrected chi connectivity index (χ0v) is 12.5. The van der Waals surface area contributed by atoms with Crippen molar-refractivity contribution in [2.24, 2.45) is 0 Å². The molecule has 0 atom stereocenters. The highest BCUT2D eigenvalue weighted by Gasteiger charge is 2.20. The summed E-state index contributed by atoms with van der Waals surface area (Å²) < 4.78 is 0. The summed E-state index contributed by atoms with van der Waals surface area (Å²) in [5.74, 6) is 0.0706. The second-order valence-corrected chi connectivity index (χ2v) is 5.87. The molecule has 1 fully saturated rings. The fourth-order valence-corrected chi connectivity index (χ4v) is 3.26. The molecule has 0 aliphatic carbocycles. The smallest absolute Gasteiger partial charge is 0.335 e. The van der Waals surface area contributed by atoms with Crippen LogP contribution in [0.3, 0.4) is 0 Å². The average molecular weight is 311 g/mol. The van der Waals surface area contributed by atoms with Gasteiger partial charge >= 0.3 is 5.97 Å². The van der Waals surface area contributed by atoms with Gasteiger partial charge in [0.2, 0.25) is 5.95 Å². The second-order valence-electron chi connectivity index (χ2n) is 5.87. The minimum absolute atomic E-state index is 0.225. The molecule has 1 saturated heterocycles. The third-order valence-electron chi connectivity index (χ3n) is 4.35. The van der Waals surface area contributed by atoms with E-state index in [2.05, 4.69) is 19.9 Å². The van der Waals surface area contributed by atoms with Crippen molar-refractivity contribution in [3.05, 3.63) is 23.8 Å². The Morgan fingerprint density at radius 3 is 2.74 bits per heavy atom. The molecule has 0 radical (unpaired) electrons. The Bertz CT molecular complexity index is 912. The van der Waals surface area contributed by atoms with Gasteiger partial charge in [0.25, 0.3) is 0 Å². The number of fused-ring (bicyclic) bond motifs is 3. The number of anilines is 2. The lowest BCUT2D eigenvalue weighted by Gasteiger charge is -2.28. The van der Waals surface area contributed by atoms with E-state index >= 15 is 0 Å². The fraction of sp³-hybridized carbons (Fsp3) is 0.312. The first-order valence-electron chi connectivity index (χ1n) is 7.70. The molecule has 118 valence electrons. The second kappa shape index (κ2) is 5.12. The number of nitrogens with zero attached hydrogens (tertiary/aromatic N) is 3. The monoisotopic (exact) mass is 311 g/mol. The number of H-pyrrole nitrogens is 1. The van der Waals surface area contributed by atoms with E-state index in [1.165, 1.54) is 6.42 Å². The van der Waals surface area contributed by atoms with Gasteiger partial charge in [-0.1, -0.05) is 0 Å².